The van der Waals surface area contributed by atoms with E-state index in [0.717, 1.165) is 85.7 Å². The van der Waals surface area contributed by atoms with Gasteiger partial charge >= 0.3 is 0 Å². The summed E-state index contributed by atoms with van der Waals surface area (Å²) in [6, 6.07) is 21.8. The van der Waals surface area contributed by atoms with Crippen molar-refractivity contribution in [1.82, 2.24) is 9.55 Å². The lowest BCUT2D eigenvalue weighted by molar-refractivity contribution is -0.111. The van der Waals surface area contributed by atoms with E-state index in [2.05, 4.69) is 66.3 Å². The van der Waals surface area contributed by atoms with Gasteiger partial charge in [0.2, 0.25) is 5.91 Å². The highest BCUT2D eigenvalue weighted by Gasteiger charge is 2.21. The first kappa shape index (κ1) is 35.1. The molecular weight excluding hydrogens is 621 g/mol. The average molecular weight is 669 g/mol. The number of unbranched alkanes of at least 4 members (excludes halogenated alkanes) is 1. The summed E-state index contributed by atoms with van der Waals surface area (Å²) in [5.74, 6) is 1.62. The summed E-state index contributed by atoms with van der Waals surface area (Å²) in [5.41, 5.74) is 5.88. The summed E-state index contributed by atoms with van der Waals surface area (Å²) in [5, 5.41) is 2.95. The number of benzene rings is 3. The third kappa shape index (κ3) is 9.90. The van der Waals surface area contributed by atoms with Crippen molar-refractivity contribution in [3.05, 3.63) is 96.6 Å². The van der Waals surface area contributed by atoms with Crippen molar-refractivity contribution < 1.29 is 18.5 Å². The molecule has 4 aromatic rings. The van der Waals surface area contributed by atoms with Crippen molar-refractivity contribution in [2.75, 3.05) is 43.1 Å². The van der Waals surface area contributed by atoms with Gasteiger partial charge < -0.3 is 24.3 Å². The molecule has 0 bridgehead atoms. The van der Waals surface area contributed by atoms with Gasteiger partial charge in [0.05, 0.1) is 35.2 Å². The van der Waals surface area contributed by atoms with E-state index < -0.39 is 10.8 Å². The molecule has 48 heavy (non-hydrogen) atoms. The van der Waals surface area contributed by atoms with Crippen LogP contribution in [0, 0.1) is 5.92 Å². The first-order valence-electron chi connectivity index (χ1n) is 17.1. The number of imidazole rings is 1. The molecule has 8 nitrogen and oxygen atoms in total. The first-order valence-corrected chi connectivity index (χ1v) is 18.4. The molecule has 0 spiro atoms. The zero-order chi connectivity index (χ0) is 33.7. The van der Waals surface area contributed by atoms with Gasteiger partial charge in [-0.2, -0.15) is 0 Å². The van der Waals surface area contributed by atoms with E-state index in [-0.39, 0.29) is 5.91 Å². The predicted molar refractivity (Wildman–Crippen MR) is 196 cm³/mol. The first-order chi connectivity index (χ1) is 23.4. The van der Waals surface area contributed by atoms with Crippen molar-refractivity contribution in [2.24, 2.45) is 5.92 Å². The summed E-state index contributed by atoms with van der Waals surface area (Å²) >= 11 is 0. The van der Waals surface area contributed by atoms with Crippen molar-refractivity contribution >= 4 is 34.2 Å². The minimum absolute atomic E-state index is 0.223. The molecule has 0 radical (unpaired) electrons. The molecule has 1 aliphatic rings. The average Bonchev–Trinajstić information content (AvgIpc) is 3.74. The zero-order valence-electron chi connectivity index (χ0n) is 28.4. The van der Waals surface area contributed by atoms with E-state index in [9.17, 15) is 9.00 Å². The van der Waals surface area contributed by atoms with E-state index >= 15 is 0 Å². The second kappa shape index (κ2) is 17.8. The lowest BCUT2D eigenvalue weighted by Crippen LogP contribution is -2.20. The minimum atomic E-state index is -1.21. The lowest BCUT2D eigenvalue weighted by Gasteiger charge is -2.21. The number of hydrogen-bond acceptors (Lipinski definition) is 6. The fraction of sp³-hybridized carbons (Fsp3) is 0.385. The van der Waals surface area contributed by atoms with Crippen LogP contribution in [0.3, 0.4) is 0 Å². The van der Waals surface area contributed by atoms with Crippen LogP contribution in [0.25, 0.3) is 17.2 Å². The molecule has 1 aromatic heterocycles. The van der Waals surface area contributed by atoms with E-state index in [0.29, 0.717) is 35.5 Å². The summed E-state index contributed by atoms with van der Waals surface area (Å²) in [4.78, 5) is 20.4. The quantitative estimate of drug-likeness (QED) is 0.0908. The normalized spacial score (nSPS) is 15.2. The van der Waals surface area contributed by atoms with Crippen LogP contribution in [0.5, 0.6) is 5.75 Å². The van der Waals surface area contributed by atoms with Gasteiger partial charge in [0.25, 0.3) is 0 Å². The Morgan fingerprint density at radius 2 is 1.79 bits per heavy atom. The van der Waals surface area contributed by atoms with Gasteiger partial charge in [0, 0.05) is 54.8 Å². The van der Waals surface area contributed by atoms with Gasteiger partial charge in [0.15, 0.2) is 0 Å². The maximum atomic E-state index is 13.0. The van der Waals surface area contributed by atoms with Gasteiger partial charge in [-0.3, -0.25) is 9.00 Å². The number of nitrogens with zero attached hydrogens (tertiary/aromatic N) is 3. The molecule has 0 saturated carbocycles. The van der Waals surface area contributed by atoms with Gasteiger partial charge in [-0.05, 0) is 96.5 Å². The number of amides is 1. The smallest absolute Gasteiger partial charge is 0.248 e. The fourth-order valence-corrected chi connectivity index (χ4v) is 6.90. The highest BCUT2D eigenvalue weighted by Crippen LogP contribution is 2.32. The number of carbonyl (C=O) groups is 1. The van der Waals surface area contributed by atoms with Gasteiger partial charge in [-0.25, -0.2) is 4.98 Å². The Bertz CT molecular complexity index is 1670. The number of aromatic nitrogens is 2. The highest BCUT2D eigenvalue weighted by molar-refractivity contribution is 7.84. The van der Waals surface area contributed by atoms with E-state index in [1.54, 1.807) is 30.7 Å². The molecule has 3 aromatic carbocycles. The van der Waals surface area contributed by atoms with Gasteiger partial charge in [0.1, 0.15) is 12.4 Å². The Balaban J connectivity index is 1.23. The number of carbonyl (C=O) groups excluding carboxylic acids is 1. The lowest BCUT2D eigenvalue weighted by atomic mass is 10.0. The van der Waals surface area contributed by atoms with E-state index in [4.69, 9.17) is 9.47 Å². The molecule has 2 atom stereocenters. The number of rotatable bonds is 17. The molecule has 1 unspecified atom stereocenters. The molecule has 1 saturated heterocycles. The monoisotopic (exact) mass is 668 g/mol. The molecular formula is C39H48N4O4S. The van der Waals surface area contributed by atoms with Crippen molar-refractivity contribution in [3.63, 3.8) is 0 Å². The number of hydrogen-bond donors (Lipinski definition) is 1. The van der Waals surface area contributed by atoms with Crippen LogP contribution in [-0.2, 0) is 32.6 Å². The van der Waals surface area contributed by atoms with Crippen LogP contribution in [0.4, 0.5) is 11.4 Å². The molecule has 1 N–H and O–H groups in total. The molecule has 1 amide bonds. The largest absolute Gasteiger partial charge is 0.491 e. The third-order valence-electron chi connectivity index (χ3n) is 8.46. The second-order valence-corrected chi connectivity index (χ2v) is 13.8. The Morgan fingerprint density at radius 3 is 2.52 bits per heavy atom. The van der Waals surface area contributed by atoms with Gasteiger partial charge in [-0.15, -0.1) is 0 Å². The van der Waals surface area contributed by atoms with Crippen molar-refractivity contribution in [1.29, 1.82) is 0 Å². The molecule has 9 heteroatoms. The number of aryl methyl sites for hydroxylation is 1. The minimum Gasteiger partial charge on any atom is -0.491 e. The Labute approximate surface area is 287 Å². The SMILES string of the molecule is CCCCOCCOc1ccc(-c2ccc(N3CCC(C)C3)c(/C=C/C(=O)Nc3ccc([S@@](=O)Cc4cncn4CCC)cc3)c2)cc1. The Hall–Kier alpha value is -4.21. The predicted octanol–water partition coefficient (Wildman–Crippen LogP) is 7.96. The number of nitrogens with one attached hydrogen (secondary N) is 1. The van der Waals surface area contributed by atoms with Crippen LogP contribution in [0.2, 0.25) is 0 Å². The van der Waals surface area contributed by atoms with E-state index in [1.165, 1.54) is 0 Å². The molecule has 1 aliphatic heterocycles. The molecule has 2 heterocycles. The summed E-state index contributed by atoms with van der Waals surface area (Å²) in [6.45, 7) is 11.3. The van der Waals surface area contributed by atoms with Crippen LogP contribution in [-0.4, -0.2) is 52.6 Å². The van der Waals surface area contributed by atoms with Crippen LogP contribution in [0.15, 0.2) is 90.2 Å². The molecule has 5 rings (SSSR count). The maximum Gasteiger partial charge on any atom is 0.248 e. The fourth-order valence-electron chi connectivity index (χ4n) is 5.79. The topological polar surface area (TPSA) is 85.7 Å². The van der Waals surface area contributed by atoms with Crippen LogP contribution < -0.4 is 15.0 Å². The van der Waals surface area contributed by atoms with Crippen LogP contribution in [0.1, 0.15) is 57.7 Å². The van der Waals surface area contributed by atoms with Gasteiger partial charge in [-0.1, -0.05) is 45.4 Å². The number of anilines is 2. The van der Waals surface area contributed by atoms with Crippen molar-refractivity contribution in [3.8, 4) is 16.9 Å². The second-order valence-electron chi connectivity index (χ2n) is 12.4. The Morgan fingerprint density at radius 1 is 1.00 bits per heavy atom. The van der Waals surface area contributed by atoms with E-state index in [1.807, 2.05) is 34.9 Å². The zero-order valence-corrected chi connectivity index (χ0v) is 29.2. The molecule has 1 fully saturated rings. The number of ether oxygens (including phenoxy) is 2. The Kier molecular flexibility index (Phi) is 13.0. The maximum absolute atomic E-state index is 13.0. The summed E-state index contributed by atoms with van der Waals surface area (Å²) < 4.78 is 26.5. The highest BCUT2D eigenvalue weighted by atomic mass is 32.2. The van der Waals surface area contributed by atoms with Crippen LogP contribution >= 0.6 is 0 Å². The molecule has 0 aliphatic carbocycles. The van der Waals surface area contributed by atoms with Crippen molar-refractivity contribution in [2.45, 2.75) is 63.6 Å². The summed E-state index contributed by atoms with van der Waals surface area (Å²) in [6.07, 6.45) is 11.4. The standard InChI is InChI=1S/C39H48N4O4S/c1-4-6-22-46-23-24-47-36-13-7-31(8-14-36)32-9-17-38(42-21-19-30(3)27-42)33(25-32)10-18-39(44)41-34-11-15-37(16-12-34)48(45)28-35-26-40-29-43(35)20-5-2/h7-18,25-26,29-30H,4-6,19-24,27-28H2,1-3H3,(H,41,44)/b18-10+/t30?,48-/m0/s1. The third-order valence-corrected chi connectivity index (χ3v) is 9.82. The summed E-state index contributed by atoms with van der Waals surface area (Å²) in [7, 11) is -1.21. The molecule has 254 valence electrons.